The fraction of sp³-hybridized carbons (Fsp3) is 0.375. The number of carbonyl (C=O) groups is 2. The van der Waals surface area contributed by atoms with Crippen molar-refractivity contribution < 1.29 is 14.3 Å². The lowest BCUT2D eigenvalue weighted by molar-refractivity contribution is 0.0949. The van der Waals surface area contributed by atoms with Gasteiger partial charge in [-0.05, 0) is 68.0 Å². The van der Waals surface area contributed by atoms with E-state index in [4.69, 9.17) is 4.74 Å². The Hall–Kier alpha value is -4.24. The molecule has 3 N–H and O–H groups in total. The SMILES string of the molecule is CCN(CC)CCNC(=O)c1cc(NC(=O)Nc2cccc(C)c2)ccc1N1CCN(c2ccccc2OC)CC1. The Morgan fingerprint density at radius 1 is 0.829 bits per heavy atom. The lowest BCUT2D eigenvalue weighted by Gasteiger charge is -2.38. The van der Waals surface area contributed by atoms with Crippen LogP contribution in [0.25, 0.3) is 0 Å². The Bertz CT molecular complexity index is 1320. The summed E-state index contributed by atoms with van der Waals surface area (Å²) in [6.07, 6.45) is 0. The first-order chi connectivity index (χ1) is 19.9. The lowest BCUT2D eigenvalue weighted by Crippen LogP contribution is -2.47. The first-order valence-corrected chi connectivity index (χ1v) is 14.3. The molecule has 0 atom stereocenters. The van der Waals surface area contributed by atoms with Gasteiger partial charge in [0.25, 0.3) is 5.91 Å². The predicted molar refractivity (Wildman–Crippen MR) is 168 cm³/mol. The van der Waals surface area contributed by atoms with Crippen LogP contribution in [0.15, 0.2) is 66.7 Å². The average Bonchev–Trinajstić information content (AvgIpc) is 2.99. The lowest BCUT2D eigenvalue weighted by atomic mass is 10.1. The molecule has 0 aliphatic carbocycles. The van der Waals surface area contributed by atoms with Gasteiger partial charge in [-0.3, -0.25) is 4.79 Å². The van der Waals surface area contributed by atoms with Crippen LogP contribution in [-0.4, -0.2) is 76.3 Å². The zero-order chi connectivity index (χ0) is 29.2. The van der Waals surface area contributed by atoms with E-state index in [1.807, 2.05) is 61.5 Å². The zero-order valence-corrected chi connectivity index (χ0v) is 24.6. The van der Waals surface area contributed by atoms with Gasteiger partial charge in [0.05, 0.1) is 18.4 Å². The number of anilines is 4. The van der Waals surface area contributed by atoms with Crippen LogP contribution in [0.3, 0.4) is 0 Å². The number of hydrogen-bond acceptors (Lipinski definition) is 6. The van der Waals surface area contributed by atoms with Crippen molar-refractivity contribution in [2.75, 3.05) is 79.9 Å². The molecule has 218 valence electrons. The number of nitrogens with zero attached hydrogens (tertiary/aromatic N) is 3. The number of likely N-dealkylation sites (N-methyl/N-ethyl adjacent to an activating group) is 1. The number of carbonyl (C=O) groups excluding carboxylic acids is 2. The number of hydrogen-bond donors (Lipinski definition) is 3. The first kappa shape index (κ1) is 29.7. The van der Waals surface area contributed by atoms with Crippen LogP contribution in [0.2, 0.25) is 0 Å². The summed E-state index contributed by atoms with van der Waals surface area (Å²) in [5.74, 6) is 0.704. The van der Waals surface area contributed by atoms with E-state index in [1.54, 1.807) is 13.2 Å². The normalized spacial score (nSPS) is 13.2. The molecule has 0 saturated carbocycles. The monoisotopic (exact) mass is 558 g/mol. The molecule has 0 radical (unpaired) electrons. The van der Waals surface area contributed by atoms with E-state index < -0.39 is 0 Å². The Labute approximate surface area is 243 Å². The minimum absolute atomic E-state index is 0.151. The molecular formula is C32H42N6O3. The van der Waals surface area contributed by atoms with Crippen molar-refractivity contribution in [1.29, 1.82) is 0 Å². The number of ether oxygens (including phenoxy) is 1. The molecule has 1 saturated heterocycles. The fourth-order valence-corrected chi connectivity index (χ4v) is 5.13. The number of amides is 3. The van der Waals surface area contributed by atoms with Crippen LogP contribution < -0.4 is 30.5 Å². The third-order valence-electron chi connectivity index (χ3n) is 7.43. The van der Waals surface area contributed by atoms with E-state index in [9.17, 15) is 9.59 Å². The minimum atomic E-state index is -0.360. The molecule has 1 aliphatic heterocycles. The van der Waals surface area contributed by atoms with Gasteiger partial charge in [0.15, 0.2) is 0 Å². The molecule has 0 unspecified atom stereocenters. The van der Waals surface area contributed by atoms with Gasteiger partial charge < -0.3 is 35.4 Å². The summed E-state index contributed by atoms with van der Waals surface area (Å²) >= 11 is 0. The topological polar surface area (TPSA) is 89.2 Å². The maximum atomic E-state index is 13.5. The van der Waals surface area contributed by atoms with E-state index in [0.717, 1.165) is 68.5 Å². The van der Waals surface area contributed by atoms with Gasteiger partial charge in [0.2, 0.25) is 0 Å². The molecular weight excluding hydrogens is 516 g/mol. The quantitative estimate of drug-likeness (QED) is 0.305. The van der Waals surface area contributed by atoms with Crippen LogP contribution in [0.5, 0.6) is 5.75 Å². The molecule has 3 aromatic carbocycles. The smallest absolute Gasteiger partial charge is 0.323 e. The van der Waals surface area contributed by atoms with Crippen LogP contribution in [0.4, 0.5) is 27.5 Å². The molecule has 41 heavy (non-hydrogen) atoms. The maximum Gasteiger partial charge on any atom is 0.323 e. The molecule has 0 aromatic heterocycles. The molecule has 9 heteroatoms. The summed E-state index contributed by atoms with van der Waals surface area (Å²) in [5.41, 5.74) is 4.80. The largest absolute Gasteiger partial charge is 0.495 e. The highest BCUT2D eigenvalue weighted by molar-refractivity contribution is 6.04. The highest BCUT2D eigenvalue weighted by Gasteiger charge is 2.24. The van der Waals surface area contributed by atoms with Crippen molar-refractivity contribution in [2.45, 2.75) is 20.8 Å². The van der Waals surface area contributed by atoms with Crippen LogP contribution in [0.1, 0.15) is 29.8 Å². The first-order valence-electron chi connectivity index (χ1n) is 14.3. The van der Waals surface area contributed by atoms with E-state index >= 15 is 0 Å². The van der Waals surface area contributed by atoms with Gasteiger partial charge in [0.1, 0.15) is 5.75 Å². The molecule has 0 spiro atoms. The standard InChI is InChI=1S/C32H42N6O3/c1-5-36(6-2)17-16-33-31(39)27-23-26(35-32(40)34-25-11-9-10-24(3)22-25)14-15-28(27)37-18-20-38(21-19-37)29-12-7-8-13-30(29)41-4/h7-15,22-23H,5-6,16-21H2,1-4H3,(H,33,39)(H2,34,35,40). The molecule has 3 amide bonds. The van der Waals surface area contributed by atoms with Gasteiger partial charge in [-0.2, -0.15) is 0 Å². The second-order valence-electron chi connectivity index (χ2n) is 10.1. The number of piperazine rings is 1. The van der Waals surface area contributed by atoms with Gasteiger partial charge in [-0.1, -0.05) is 38.1 Å². The van der Waals surface area contributed by atoms with E-state index in [-0.39, 0.29) is 11.9 Å². The van der Waals surface area contributed by atoms with Crippen LogP contribution in [-0.2, 0) is 0 Å². The fourth-order valence-electron chi connectivity index (χ4n) is 5.13. The maximum absolute atomic E-state index is 13.5. The van der Waals surface area contributed by atoms with Crippen molar-refractivity contribution in [2.24, 2.45) is 0 Å². The molecule has 0 bridgehead atoms. The molecule has 3 aromatic rings. The molecule has 1 aliphatic rings. The number of nitrogens with one attached hydrogen (secondary N) is 3. The van der Waals surface area contributed by atoms with Gasteiger partial charge in [-0.15, -0.1) is 0 Å². The van der Waals surface area contributed by atoms with E-state index in [2.05, 4.69) is 50.6 Å². The molecule has 1 heterocycles. The average molecular weight is 559 g/mol. The summed E-state index contributed by atoms with van der Waals surface area (Å²) in [6.45, 7) is 12.5. The minimum Gasteiger partial charge on any atom is -0.495 e. The molecule has 1 fully saturated rings. The number of methoxy groups -OCH3 is 1. The van der Waals surface area contributed by atoms with E-state index in [0.29, 0.717) is 23.5 Å². The number of benzene rings is 3. The van der Waals surface area contributed by atoms with E-state index in [1.165, 1.54) is 0 Å². The highest BCUT2D eigenvalue weighted by Crippen LogP contribution is 2.31. The Morgan fingerprint density at radius 2 is 1.49 bits per heavy atom. The number of para-hydroxylation sites is 2. The Kier molecular flexibility index (Phi) is 10.5. The molecule has 9 nitrogen and oxygen atoms in total. The van der Waals surface area contributed by atoms with Gasteiger partial charge >= 0.3 is 6.03 Å². The summed E-state index contributed by atoms with van der Waals surface area (Å²) in [7, 11) is 1.69. The number of urea groups is 1. The third-order valence-corrected chi connectivity index (χ3v) is 7.43. The van der Waals surface area contributed by atoms with Crippen molar-refractivity contribution >= 4 is 34.7 Å². The van der Waals surface area contributed by atoms with Crippen LogP contribution >= 0.6 is 0 Å². The van der Waals surface area contributed by atoms with Crippen molar-refractivity contribution in [1.82, 2.24) is 10.2 Å². The zero-order valence-electron chi connectivity index (χ0n) is 24.6. The number of aryl methyl sites for hydroxylation is 1. The summed E-state index contributed by atoms with van der Waals surface area (Å²) in [5, 5.41) is 8.85. The van der Waals surface area contributed by atoms with Crippen molar-refractivity contribution in [3.05, 3.63) is 77.9 Å². The number of rotatable bonds is 11. The predicted octanol–water partition coefficient (Wildman–Crippen LogP) is 5.05. The molecule has 4 rings (SSSR count). The van der Waals surface area contributed by atoms with Crippen molar-refractivity contribution in [3.63, 3.8) is 0 Å². The van der Waals surface area contributed by atoms with Gasteiger partial charge in [-0.25, -0.2) is 4.79 Å². The second kappa shape index (κ2) is 14.4. The Balaban J connectivity index is 1.50. The summed E-state index contributed by atoms with van der Waals surface area (Å²) in [6, 6.07) is 20.9. The van der Waals surface area contributed by atoms with Crippen LogP contribution in [0, 0.1) is 6.92 Å². The van der Waals surface area contributed by atoms with Gasteiger partial charge in [0, 0.05) is 56.3 Å². The Morgan fingerprint density at radius 3 is 2.15 bits per heavy atom. The highest BCUT2D eigenvalue weighted by atomic mass is 16.5. The summed E-state index contributed by atoms with van der Waals surface area (Å²) in [4.78, 5) is 33.1. The summed E-state index contributed by atoms with van der Waals surface area (Å²) < 4.78 is 5.57. The second-order valence-corrected chi connectivity index (χ2v) is 10.1. The van der Waals surface area contributed by atoms with Crippen molar-refractivity contribution in [3.8, 4) is 5.75 Å². The third kappa shape index (κ3) is 7.91.